The van der Waals surface area contributed by atoms with Crippen molar-refractivity contribution in [2.45, 2.75) is 13.2 Å². The van der Waals surface area contributed by atoms with E-state index in [0.717, 1.165) is 45.1 Å². The Bertz CT molecular complexity index is 1640. The molecule has 0 spiro atoms. The summed E-state index contributed by atoms with van der Waals surface area (Å²) < 4.78 is 71.4. The van der Waals surface area contributed by atoms with Gasteiger partial charge in [-0.25, -0.2) is 17.6 Å². The minimum Gasteiger partial charge on any atom is -0.483 e. The molecule has 0 heterocycles. The number of benzene rings is 5. The van der Waals surface area contributed by atoms with Gasteiger partial charge < -0.3 is 9.47 Å². The van der Waals surface area contributed by atoms with Crippen molar-refractivity contribution in [1.29, 1.82) is 0 Å². The third-order valence-electron chi connectivity index (χ3n) is 6.23. The van der Waals surface area contributed by atoms with Crippen LogP contribution in [0.2, 0.25) is 0 Å². The number of hydrogen-bond donors (Lipinski definition) is 0. The second kappa shape index (κ2) is 13.3. The molecule has 0 saturated carbocycles. The lowest BCUT2D eigenvalue weighted by Crippen LogP contribution is -2.02. The molecule has 0 unspecified atom stereocenters. The monoisotopic (exact) mass is 892 g/mol. The van der Waals surface area contributed by atoms with Gasteiger partial charge in [-0.2, -0.15) is 0 Å². The molecule has 0 aromatic heterocycles. The van der Waals surface area contributed by atoms with Gasteiger partial charge in [0, 0.05) is 10.7 Å². The predicted octanol–water partition coefficient (Wildman–Crippen LogP) is 10.5. The van der Waals surface area contributed by atoms with Crippen molar-refractivity contribution >= 4 is 67.8 Å². The van der Waals surface area contributed by atoms with Crippen molar-refractivity contribution in [1.82, 2.24) is 0 Å². The Morgan fingerprint density at radius 3 is 1.39 bits per heavy atom. The molecule has 0 fully saturated rings. The Labute approximate surface area is 275 Å². The first-order valence-electron chi connectivity index (χ1n) is 12.2. The molecule has 0 radical (unpaired) electrons. The summed E-state index contributed by atoms with van der Waals surface area (Å²) in [5.74, 6) is -3.87. The summed E-state index contributed by atoms with van der Waals surface area (Å²) in [7, 11) is 0. The van der Waals surface area contributed by atoms with E-state index < -0.39 is 34.8 Å². The van der Waals surface area contributed by atoms with Crippen LogP contribution in [0.1, 0.15) is 11.1 Å². The molecule has 9 heteroatoms. The quantitative estimate of drug-likeness (QED) is 0.0878. The van der Waals surface area contributed by atoms with Crippen molar-refractivity contribution in [2.75, 3.05) is 0 Å². The number of hydrogen-bond acceptors (Lipinski definition) is 2. The van der Waals surface area contributed by atoms with E-state index in [2.05, 4.69) is 67.8 Å². The molecule has 0 atom stereocenters. The minimum absolute atomic E-state index is 0.0111. The van der Waals surface area contributed by atoms with Crippen LogP contribution < -0.4 is 9.47 Å². The highest BCUT2D eigenvalue weighted by atomic mass is 127. The van der Waals surface area contributed by atoms with E-state index in [1.165, 1.54) is 18.2 Å². The van der Waals surface area contributed by atoms with Crippen molar-refractivity contribution in [3.63, 3.8) is 0 Å². The van der Waals surface area contributed by atoms with Crippen molar-refractivity contribution in [2.24, 2.45) is 0 Å². The first kappa shape index (κ1) is 30.1. The van der Waals surface area contributed by atoms with Crippen molar-refractivity contribution in [3.05, 3.63) is 136 Å². The molecule has 0 amide bonds. The molecule has 0 N–H and O–H groups in total. The standard InChI is InChI=1S/C32H19F4I3O2/c33-24-2-1-3-25(34)31(24)40-16-18-4-6-20(7-5-18)21-8-10-22(11-9-21)23-14-26(35)32(27(36)15-23)41-17-19-12-28(37)30(39)29(38)13-19/h1-15H,16-17H2. The van der Waals surface area contributed by atoms with E-state index in [-0.39, 0.29) is 13.2 Å². The normalized spacial score (nSPS) is 11.0. The van der Waals surface area contributed by atoms with E-state index in [4.69, 9.17) is 9.47 Å². The average Bonchev–Trinajstić information content (AvgIpc) is 2.95. The Morgan fingerprint density at radius 1 is 0.463 bits per heavy atom. The highest BCUT2D eigenvalue weighted by Crippen LogP contribution is 2.32. The summed E-state index contributed by atoms with van der Waals surface area (Å²) >= 11 is 6.71. The van der Waals surface area contributed by atoms with Gasteiger partial charge in [0.25, 0.3) is 0 Å². The summed E-state index contributed by atoms with van der Waals surface area (Å²) in [4.78, 5) is 0. The average molecular weight is 892 g/mol. The molecule has 0 aliphatic carbocycles. The van der Waals surface area contributed by atoms with E-state index >= 15 is 0 Å². The molecular weight excluding hydrogens is 873 g/mol. The number of halogens is 7. The van der Waals surface area contributed by atoms with Crippen LogP contribution in [0.25, 0.3) is 22.3 Å². The van der Waals surface area contributed by atoms with Gasteiger partial charge in [0.1, 0.15) is 13.2 Å². The molecule has 0 saturated heterocycles. The van der Waals surface area contributed by atoms with E-state index in [9.17, 15) is 17.6 Å². The zero-order valence-electron chi connectivity index (χ0n) is 21.0. The van der Waals surface area contributed by atoms with Crippen LogP contribution in [0.5, 0.6) is 11.5 Å². The first-order valence-corrected chi connectivity index (χ1v) is 15.4. The van der Waals surface area contributed by atoms with E-state index in [0.29, 0.717) is 11.1 Å². The van der Waals surface area contributed by atoms with Crippen LogP contribution in [0, 0.1) is 34.0 Å². The molecule has 2 nitrogen and oxygen atoms in total. The molecule has 0 bridgehead atoms. The topological polar surface area (TPSA) is 18.5 Å². The summed E-state index contributed by atoms with van der Waals surface area (Å²) in [6, 6.07) is 24.6. The SMILES string of the molecule is Fc1cccc(F)c1OCc1ccc(-c2ccc(-c3cc(F)c(OCc4cc(I)c(I)c(I)c4)c(F)c3)cc2)cc1. The Hall–Kier alpha value is -2.39. The zero-order valence-corrected chi connectivity index (χ0v) is 27.5. The molecule has 41 heavy (non-hydrogen) atoms. The van der Waals surface area contributed by atoms with Gasteiger partial charge >= 0.3 is 0 Å². The third-order valence-corrected chi connectivity index (χ3v) is 11.2. The zero-order chi connectivity index (χ0) is 29.1. The molecular formula is C32H19F4I3O2. The van der Waals surface area contributed by atoms with Crippen LogP contribution >= 0.6 is 67.8 Å². The van der Waals surface area contributed by atoms with Crippen LogP contribution in [-0.4, -0.2) is 0 Å². The van der Waals surface area contributed by atoms with Gasteiger partial charge in [-0.15, -0.1) is 0 Å². The second-order valence-electron chi connectivity index (χ2n) is 9.04. The van der Waals surface area contributed by atoms with Gasteiger partial charge in [0.05, 0.1) is 0 Å². The molecule has 208 valence electrons. The lowest BCUT2D eigenvalue weighted by molar-refractivity contribution is 0.274. The van der Waals surface area contributed by atoms with Crippen LogP contribution in [0.15, 0.2) is 91.0 Å². The number of ether oxygens (including phenoxy) is 2. The number of para-hydroxylation sites is 1. The van der Waals surface area contributed by atoms with Crippen LogP contribution in [0.4, 0.5) is 17.6 Å². The lowest BCUT2D eigenvalue weighted by atomic mass is 9.99. The minimum atomic E-state index is -0.771. The van der Waals surface area contributed by atoms with Crippen LogP contribution in [-0.2, 0) is 13.2 Å². The molecule has 5 aromatic carbocycles. The van der Waals surface area contributed by atoms with E-state index in [1.54, 1.807) is 12.1 Å². The third kappa shape index (κ3) is 7.16. The smallest absolute Gasteiger partial charge is 0.191 e. The van der Waals surface area contributed by atoms with Gasteiger partial charge in [0.15, 0.2) is 34.8 Å². The molecule has 5 aromatic rings. The molecule has 0 aliphatic heterocycles. The van der Waals surface area contributed by atoms with Gasteiger partial charge in [-0.3, -0.25) is 0 Å². The largest absolute Gasteiger partial charge is 0.483 e. The Kier molecular flexibility index (Phi) is 9.74. The molecule has 5 rings (SSSR count). The lowest BCUT2D eigenvalue weighted by Gasteiger charge is -2.12. The fraction of sp³-hybridized carbons (Fsp3) is 0.0625. The Balaban J connectivity index is 1.25. The van der Waals surface area contributed by atoms with Gasteiger partial charge in [0.2, 0.25) is 0 Å². The van der Waals surface area contributed by atoms with E-state index in [1.807, 2.05) is 48.5 Å². The van der Waals surface area contributed by atoms with Gasteiger partial charge in [-0.05, 0) is 138 Å². The summed E-state index contributed by atoms with van der Waals surface area (Å²) in [6.07, 6.45) is 0. The maximum Gasteiger partial charge on any atom is 0.191 e. The van der Waals surface area contributed by atoms with Crippen molar-refractivity contribution < 1.29 is 27.0 Å². The van der Waals surface area contributed by atoms with Gasteiger partial charge in [-0.1, -0.05) is 54.6 Å². The van der Waals surface area contributed by atoms with Crippen molar-refractivity contribution in [3.8, 4) is 33.8 Å². The van der Waals surface area contributed by atoms with Crippen LogP contribution in [0.3, 0.4) is 0 Å². The highest BCUT2D eigenvalue weighted by molar-refractivity contribution is 14.1. The highest BCUT2D eigenvalue weighted by Gasteiger charge is 2.15. The molecule has 0 aliphatic rings. The summed E-state index contributed by atoms with van der Waals surface area (Å²) in [6.45, 7) is 0.0625. The maximum atomic E-state index is 14.9. The maximum absolute atomic E-state index is 14.9. The fourth-order valence-electron chi connectivity index (χ4n) is 4.14. The first-order chi connectivity index (χ1) is 19.7. The summed E-state index contributed by atoms with van der Waals surface area (Å²) in [5.41, 5.74) is 4.41. The fourth-order valence-corrected chi connectivity index (χ4v) is 6.34. The predicted molar refractivity (Wildman–Crippen MR) is 177 cm³/mol. The second-order valence-corrected chi connectivity index (χ2v) is 12.4. The number of rotatable bonds is 8. The Morgan fingerprint density at radius 2 is 0.878 bits per heavy atom. The summed E-state index contributed by atoms with van der Waals surface area (Å²) in [5, 5.41) is 0.